The van der Waals surface area contributed by atoms with Crippen LogP contribution in [0.1, 0.15) is 5.56 Å². The van der Waals surface area contributed by atoms with Gasteiger partial charge in [0.05, 0.1) is 5.39 Å². The van der Waals surface area contributed by atoms with Gasteiger partial charge in [-0.15, -0.1) is 5.10 Å². The summed E-state index contributed by atoms with van der Waals surface area (Å²) >= 11 is 4.64. The molecule has 0 fully saturated rings. The van der Waals surface area contributed by atoms with Gasteiger partial charge >= 0.3 is 11.6 Å². The molecule has 0 saturated heterocycles. The van der Waals surface area contributed by atoms with Crippen LogP contribution in [0.5, 0.6) is 5.75 Å². The largest absolute Gasteiger partial charge is 0.506 e. The van der Waals surface area contributed by atoms with Crippen LogP contribution >= 0.6 is 12.2 Å². The molecule has 2 heterocycles. The number of nitrogens with one attached hydrogen (secondary N) is 1. The van der Waals surface area contributed by atoms with Gasteiger partial charge < -0.3 is 19.7 Å². The fourth-order valence-electron chi connectivity index (χ4n) is 1.97. The zero-order valence-electron chi connectivity index (χ0n) is 11.3. The fraction of sp³-hybridized carbons (Fsp3) is 0.0769. The first-order chi connectivity index (χ1) is 10.5. The van der Waals surface area contributed by atoms with Crippen LogP contribution < -0.4 is 16.7 Å². The van der Waals surface area contributed by atoms with Gasteiger partial charge in [0, 0.05) is 0 Å². The molecule has 0 spiro atoms. The average Bonchev–Trinajstić information content (AvgIpc) is 2.87. The van der Waals surface area contributed by atoms with Crippen LogP contribution in [-0.4, -0.2) is 20.4 Å². The van der Waals surface area contributed by atoms with E-state index >= 15 is 0 Å². The van der Waals surface area contributed by atoms with Crippen LogP contribution in [0.4, 0.5) is 6.01 Å². The highest BCUT2D eigenvalue weighted by Crippen LogP contribution is 2.33. The highest BCUT2D eigenvalue weighted by molar-refractivity contribution is 7.80. The third-order valence-electron chi connectivity index (χ3n) is 2.90. The van der Waals surface area contributed by atoms with Crippen molar-refractivity contribution in [1.29, 1.82) is 0 Å². The number of nitrogens with zero attached hydrogens (tertiary/aromatic N) is 2. The molecule has 2 aromatic heterocycles. The summed E-state index contributed by atoms with van der Waals surface area (Å²) < 4.78 is 10.4. The van der Waals surface area contributed by atoms with E-state index in [2.05, 4.69) is 27.7 Å². The van der Waals surface area contributed by atoms with E-state index in [0.29, 0.717) is 5.39 Å². The molecule has 0 aliphatic heterocycles. The molecule has 22 heavy (non-hydrogen) atoms. The zero-order valence-corrected chi connectivity index (χ0v) is 12.1. The number of rotatable bonds is 2. The standard InChI is InChI=1S/C13H10N4O4S/c1-5-2-3-7-6(4-5)9(18)8(11(19)20-7)10-16-17-13(21-10)15-12(14)22/h2-4,18H,1H3,(H3,14,15,17,22). The second-order valence-electron chi connectivity index (χ2n) is 4.51. The van der Waals surface area contributed by atoms with Crippen LogP contribution in [-0.2, 0) is 0 Å². The Morgan fingerprint density at radius 1 is 1.36 bits per heavy atom. The number of nitrogens with two attached hydrogens (primary N) is 1. The summed E-state index contributed by atoms with van der Waals surface area (Å²) in [4.78, 5) is 12.0. The van der Waals surface area contributed by atoms with E-state index in [-0.39, 0.29) is 33.9 Å². The molecule has 8 nitrogen and oxygen atoms in total. The van der Waals surface area contributed by atoms with Crippen LogP contribution in [0, 0.1) is 6.92 Å². The van der Waals surface area contributed by atoms with Gasteiger partial charge in [-0.05, 0) is 31.3 Å². The molecule has 0 aliphatic carbocycles. The fourth-order valence-corrected chi connectivity index (χ4v) is 2.06. The summed E-state index contributed by atoms with van der Waals surface area (Å²) in [7, 11) is 0. The Bertz CT molecular complexity index is 947. The number of anilines is 1. The first-order valence-corrected chi connectivity index (χ1v) is 6.53. The van der Waals surface area contributed by atoms with E-state index in [1.807, 2.05) is 6.92 Å². The molecule has 0 unspecified atom stereocenters. The minimum absolute atomic E-state index is 0.0689. The van der Waals surface area contributed by atoms with Gasteiger partial charge in [0.1, 0.15) is 11.3 Å². The zero-order chi connectivity index (χ0) is 15.9. The molecule has 4 N–H and O–H groups in total. The molecule has 3 rings (SSSR count). The van der Waals surface area contributed by atoms with Crippen molar-refractivity contribution in [2.45, 2.75) is 6.92 Å². The Kier molecular flexibility index (Phi) is 3.26. The Morgan fingerprint density at radius 2 is 2.14 bits per heavy atom. The van der Waals surface area contributed by atoms with Gasteiger partial charge in [-0.2, -0.15) is 0 Å². The molecule has 0 atom stereocenters. The first-order valence-electron chi connectivity index (χ1n) is 6.12. The van der Waals surface area contributed by atoms with Crippen molar-refractivity contribution < 1.29 is 13.9 Å². The molecule has 9 heteroatoms. The van der Waals surface area contributed by atoms with E-state index in [0.717, 1.165) is 5.56 Å². The normalized spacial score (nSPS) is 10.8. The van der Waals surface area contributed by atoms with E-state index in [1.54, 1.807) is 18.2 Å². The molecule has 3 aromatic rings. The molecule has 0 bridgehead atoms. The highest BCUT2D eigenvalue weighted by atomic mass is 32.1. The Balaban J connectivity index is 2.20. The SMILES string of the molecule is Cc1ccc2oc(=O)c(-c3nnc(NC(N)=S)o3)c(O)c2c1. The predicted molar refractivity (Wildman–Crippen MR) is 82.6 cm³/mol. The predicted octanol–water partition coefficient (Wildman–Crippen LogP) is 1.51. The minimum Gasteiger partial charge on any atom is -0.506 e. The molecular formula is C13H10N4O4S. The van der Waals surface area contributed by atoms with Gasteiger partial charge in [0.25, 0.3) is 5.89 Å². The molecule has 112 valence electrons. The maximum atomic E-state index is 12.0. The van der Waals surface area contributed by atoms with Gasteiger partial charge in [0.15, 0.2) is 10.7 Å². The number of hydrogen-bond donors (Lipinski definition) is 3. The van der Waals surface area contributed by atoms with E-state index in [4.69, 9.17) is 14.6 Å². The van der Waals surface area contributed by atoms with Crippen molar-refractivity contribution >= 4 is 34.3 Å². The van der Waals surface area contributed by atoms with Crippen molar-refractivity contribution in [3.8, 4) is 17.2 Å². The Hall–Kier alpha value is -2.94. The summed E-state index contributed by atoms with van der Waals surface area (Å²) in [5.74, 6) is -0.492. The monoisotopic (exact) mass is 318 g/mol. The van der Waals surface area contributed by atoms with Crippen molar-refractivity contribution in [3.63, 3.8) is 0 Å². The minimum atomic E-state index is -0.792. The summed E-state index contributed by atoms with van der Waals surface area (Å²) in [5.41, 5.74) is 5.43. The third kappa shape index (κ3) is 2.37. The lowest BCUT2D eigenvalue weighted by atomic mass is 10.1. The average molecular weight is 318 g/mol. The van der Waals surface area contributed by atoms with Crippen molar-refractivity contribution in [1.82, 2.24) is 10.2 Å². The first kappa shape index (κ1) is 14.0. The number of aromatic hydroxyl groups is 1. The number of benzene rings is 1. The number of aromatic nitrogens is 2. The molecule has 0 radical (unpaired) electrons. The Morgan fingerprint density at radius 3 is 2.86 bits per heavy atom. The quantitative estimate of drug-likeness (QED) is 0.475. The second kappa shape index (κ2) is 5.11. The maximum absolute atomic E-state index is 12.0. The van der Waals surface area contributed by atoms with Gasteiger partial charge in [0.2, 0.25) is 0 Å². The van der Waals surface area contributed by atoms with Crippen LogP contribution in [0.2, 0.25) is 0 Å². The summed E-state index contributed by atoms with van der Waals surface area (Å²) in [5, 5.41) is 20.4. The lowest BCUT2D eigenvalue weighted by molar-refractivity contribution is 0.465. The smallest absolute Gasteiger partial charge is 0.353 e. The Labute approximate surface area is 128 Å². The molecular weight excluding hydrogens is 308 g/mol. The second-order valence-corrected chi connectivity index (χ2v) is 4.95. The van der Waals surface area contributed by atoms with Crippen molar-refractivity contribution in [3.05, 3.63) is 34.2 Å². The van der Waals surface area contributed by atoms with Gasteiger partial charge in [-0.25, -0.2) is 4.79 Å². The summed E-state index contributed by atoms with van der Waals surface area (Å²) in [6.07, 6.45) is 0. The highest BCUT2D eigenvalue weighted by Gasteiger charge is 2.21. The number of hydrogen-bond acceptors (Lipinski definition) is 7. The molecule has 0 amide bonds. The van der Waals surface area contributed by atoms with E-state index in [9.17, 15) is 9.90 Å². The number of thiocarbonyl (C=S) groups is 1. The topological polar surface area (TPSA) is 127 Å². The van der Waals surface area contributed by atoms with Crippen molar-refractivity contribution in [2.75, 3.05) is 5.32 Å². The van der Waals surface area contributed by atoms with Crippen LogP contribution in [0.3, 0.4) is 0 Å². The molecule has 0 aliphatic rings. The van der Waals surface area contributed by atoms with Gasteiger partial charge in [-0.3, -0.25) is 5.32 Å². The van der Waals surface area contributed by atoms with Crippen LogP contribution in [0.25, 0.3) is 22.4 Å². The summed E-state index contributed by atoms with van der Waals surface area (Å²) in [6, 6.07) is 4.96. The maximum Gasteiger partial charge on any atom is 0.353 e. The third-order valence-corrected chi connectivity index (χ3v) is 3.00. The van der Waals surface area contributed by atoms with E-state index in [1.165, 1.54) is 0 Å². The molecule has 0 saturated carbocycles. The number of aryl methyl sites for hydroxylation is 1. The van der Waals surface area contributed by atoms with Crippen LogP contribution in [0.15, 0.2) is 31.8 Å². The lowest BCUT2D eigenvalue weighted by Gasteiger charge is -2.04. The number of fused-ring (bicyclic) bond motifs is 1. The lowest BCUT2D eigenvalue weighted by Crippen LogP contribution is -2.18. The van der Waals surface area contributed by atoms with Gasteiger partial charge in [-0.1, -0.05) is 16.7 Å². The summed E-state index contributed by atoms with van der Waals surface area (Å²) in [6.45, 7) is 1.85. The molecule has 1 aromatic carbocycles. The van der Waals surface area contributed by atoms with Crippen molar-refractivity contribution in [2.24, 2.45) is 5.73 Å². The van der Waals surface area contributed by atoms with E-state index < -0.39 is 5.63 Å².